The van der Waals surface area contributed by atoms with E-state index in [0.717, 1.165) is 25.9 Å². The van der Waals surface area contributed by atoms with Gasteiger partial charge in [-0.2, -0.15) is 0 Å². The molecular formula is C18H22N2. The molecule has 2 N–H and O–H groups in total. The highest BCUT2D eigenvalue weighted by Gasteiger charge is 2.21. The Kier molecular flexibility index (Phi) is 3.75. The second-order valence-electron chi connectivity index (χ2n) is 5.55. The van der Waals surface area contributed by atoms with Gasteiger partial charge in [-0.1, -0.05) is 49.4 Å². The number of rotatable bonds is 3. The van der Waals surface area contributed by atoms with E-state index >= 15 is 0 Å². The number of fused-ring (bicyclic) bond motifs is 1. The summed E-state index contributed by atoms with van der Waals surface area (Å²) in [5.41, 5.74) is 11.6. The molecule has 2 heteroatoms. The van der Waals surface area contributed by atoms with Crippen LogP contribution in [0.15, 0.2) is 48.5 Å². The van der Waals surface area contributed by atoms with E-state index in [4.69, 9.17) is 5.73 Å². The molecule has 0 bridgehead atoms. The third-order valence-electron chi connectivity index (χ3n) is 4.19. The number of nitrogens with zero attached hydrogens (tertiary/aromatic N) is 1. The predicted molar refractivity (Wildman–Crippen MR) is 84.9 cm³/mol. The largest absolute Gasteiger partial charge is 0.367 e. The van der Waals surface area contributed by atoms with Crippen LogP contribution in [0.3, 0.4) is 0 Å². The van der Waals surface area contributed by atoms with E-state index in [1.54, 1.807) is 0 Å². The summed E-state index contributed by atoms with van der Waals surface area (Å²) in [6, 6.07) is 17.7. The number of nitrogens with two attached hydrogens (primary N) is 1. The summed E-state index contributed by atoms with van der Waals surface area (Å²) >= 11 is 0. The molecule has 1 heterocycles. The van der Waals surface area contributed by atoms with Gasteiger partial charge in [-0.25, -0.2) is 0 Å². The minimum Gasteiger partial charge on any atom is -0.367 e. The molecule has 2 nitrogen and oxygen atoms in total. The highest BCUT2D eigenvalue weighted by Crippen LogP contribution is 2.32. The van der Waals surface area contributed by atoms with Crippen molar-refractivity contribution in [2.24, 2.45) is 5.73 Å². The van der Waals surface area contributed by atoms with E-state index in [9.17, 15) is 0 Å². The highest BCUT2D eigenvalue weighted by atomic mass is 15.1. The van der Waals surface area contributed by atoms with E-state index < -0.39 is 0 Å². The molecule has 0 saturated carbocycles. The summed E-state index contributed by atoms with van der Waals surface area (Å²) in [6.07, 6.45) is 2.13. The average molecular weight is 266 g/mol. The van der Waals surface area contributed by atoms with E-state index in [1.165, 1.54) is 22.4 Å². The molecule has 1 unspecified atom stereocenters. The maximum absolute atomic E-state index is 6.21. The molecule has 2 aromatic carbocycles. The first-order chi connectivity index (χ1) is 9.78. The van der Waals surface area contributed by atoms with E-state index in [1.807, 2.05) is 0 Å². The molecule has 0 aliphatic carbocycles. The van der Waals surface area contributed by atoms with Gasteiger partial charge >= 0.3 is 0 Å². The summed E-state index contributed by atoms with van der Waals surface area (Å²) in [5.74, 6) is 0. The van der Waals surface area contributed by atoms with Gasteiger partial charge in [0, 0.05) is 24.8 Å². The smallest absolute Gasteiger partial charge is 0.0429 e. The zero-order valence-electron chi connectivity index (χ0n) is 12.0. The van der Waals surface area contributed by atoms with Gasteiger partial charge in [0.05, 0.1) is 0 Å². The Hall–Kier alpha value is -1.80. The number of aryl methyl sites for hydroxylation is 1. The van der Waals surface area contributed by atoms with Crippen molar-refractivity contribution in [1.82, 2.24) is 0 Å². The minimum absolute atomic E-state index is 0.185. The minimum atomic E-state index is 0.185. The van der Waals surface area contributed by atoms with Crippen molar-refractivity contribution >= 4 is 5.69 Å². The third kappa shape index (κ3) is 2.56. The van der Waals surface area contributed by atoms with E-state index in [-0.39, 0.29) is 6.04 Å². The van der Waals surface area contributed by atoms with Gasteiger partial charge in [-0.3, -0.25) is 0 Å². The first-order valence-corrected chi connectivity index (χ1v) is 7.45. The lowest BCUT2D eigenvalue weighted by atomic mass is 9.96. The maximum Gasteiger partial charge on any atom is 0.0429 e. The number of hydrogen-bond donors (Lipinski definition) is 1. The second-order valence-corrected chi connectivity index (χ2v) is 5.55. The Morgan fingerprint density at radius 2 is 1.75 bits per heavy atom. The lowest BCUT2D eigenvalue weighted by molar-refractivity contribution is 0.590. The van der Waals surface area contributed by atoms with E-state index in [0.29, 0.717) is 0 Å². The fraction of sp³-hybridized carbons (Fsp3) is 0.333. The Balaban J connectivity index is 1.82. The molecule has 1 aliphatic rings. The molecule has 0 amide bonds. The second kappa shape index (κ2) is 5.68. The van der Waals surface area contributed by atoms with Crippen molar-refractivity contribution in [2.45, 2.75) is 32.4 Å². The monoisotopic (exact) mass is 266 g/mol. The molecule has 1 aliphatic heterocycles. The summed E-state index contributed by atoms with van der Waals surface area (Å²) < 4.78 is 0. The quantitative estimate of drug-likeness (QED) is 0.918. The van der Waals surface area contributed by atoms with Crippen LogP contribution in [0.1, 0.15) is 36.1 Å². The Bertz CT molecular complexity index is 574. The van der Waals surface area contributed by atoms with Crippen LogP contribution >= 0.6 is 0 Å². The van der Waals surface area contributed by atoms with Gasteiger partial charge in [-0.15, -0.1) is 0 Å². The van der Waals surface area contributed by atoms with Gasteiger partial charge in [0.1, 0.15) is 0 Å². The van der Waals surface area contributed by atoms with Gasteiger partial charge in [0.2, 0.25) is 0 Å². The average Bonchev–Trinajstić information content (AvgIpc) is 2.51. The predicted octanol–water partition coefficient (Wildman–Crippen LogP) is 3.66. The van der Waals surface area contributed by atoms with Gasteiger partial charge < -0.3 is 10.6 Å². The first-order valence-electron chi connectivity index (χ1n) is 7.45. The standard InChI is InChI=1S/C18H22N2/c1-2-14-7-9-15(10-8-14)13-20-12-11-17(19)16-5-3-4-6-18(16)20/h3-10,17H,2,11-13,19H2,1H3. The summed E-state index contributed by atoms with van der Waals surface area (Å²) in [6.45, 7) is 4.19. The van der Waals surface area contributed by atoms with Crippen molar-refractivity contribution in [2.75, 3.05) is 11.4 Å². The fourth-order valence-electron chi connectivity index (χ4n) is 2.92. The first kappa shape index (κ1) is 13.2. The summed E-state index contributed by atoms with van der Waals surface area (Å²) in [7, 11) is 0. The molecule has 0 radical (unpaired) electrons. The highest BCUT2D eigenvalue weighted by molar-refractivity contribution is 5.57. The molecule has 3 rings (SSSR count). The number of anilines is 1. The van der Waals surface area contributed by atoms with Crippen molar-refractivity contribution in [3.8, 4) is 0 Å². The normalized spacial score (nSPS) is 17.9. The van der Waals surface area contributed by atoms with Crippen LogP contribution in [0.25, 0.3) is 0 Å². The molecule has 104 valence electrons. The van der Waals surface area contributed by atoms with Crippen LogP contribution in [0.5, 0.6) is 0 Å². The number of benzene rings is 2. The number of para-hydroxylation sites is 1. The van der Waals surface area contributed by atoms with Crippen LogP contribution in [0.2, 0.25) is 0 Å². The molecule has 0 fully saturated rings. The van der Waals surface area contributed by atoms with Crippen molar-refractivity contribution < 1.29 is 0 Å². The Labute approximate surface area is 121 Å². The fourth-order valence-corrected chi connectivity index (χ4v) is 2.92. The molecule has 1 atom stereocenters. The van der Waals surface area contributed by atoms with Gasteiger partial charge in [-0.05, 0) is 35.6 Å². The van der Waals surface area contributed by atoms with Gasteiger partial charge in [0.25, 0.3) is 0 Å². The van der Waals surface area contributed by atoms with Crippen LogP contribution in [-0.2, 0) is 13.0 Å². The number of hydrogen-bond acceptors (Lipinski definition) is 2. The van der Waals surface area contributed by atoms with Crippen LogP contribution in [-0.4, -0.2) is 6.54 Å². The summed E-state index contributed by atoms with van der Waals surface area (Å²) in [5, 5.41) is 0. The Morgan fingerprint density at radius 1 is 1.05 bits per heavy atom. The molecule has 0 aromatic heterocycles. The van der Waals surface area contributed by atoms with Crippen LogP contribution < -0.4 is 10.6 Å². The molecule has 2 aromatic rings. The maximum atomic E-state index is 6.21. The SMILES string of the molecule is CCc1ccc(CN2CCC(N)c3ccccc32)cc1. The van der Waals surface area contributed by atoms with Gasteiger partial charge in [0.15, 0.2) is 0 Å². The topological polar surface area (TPSA) is 29.3 Å². The molecule has 0 spiro atoms. The lowest BCUT2D eigenvalue weighted by Crippen LogP contribution is -2.33. The zero-order chi connectivity index (χ0) is 13.9. The van der Waals surface area contributed by atoms with Crippen molar-refractivity contribution in [3.63, 3.8) is 0 Å². The van der Waals surface area contributed by atoms with Crippen molar-refractivity contribution in [3.05, 3.63) is 65.2 Å². The third-order valence-corrected chi connectivity index (χ3v) is 4.19. The lowest BCUT2D eigenvalue weighted by Gasteiger charge is -2.34. The zero-order valence-corrected chi connectivity index (χ0v) is 12.0. The van der Waals surface area contributed by atoms with Crippen LogP contribution in [0.4, 0.5) is 5.69 Å². The Morgan fingerprint density at radius 3 is 2.50 bits per heavy atom. The van der Waals surface area contributed by atoms with E-state index in [2.05, 4.69) is 60.4 Å². The molecule has 0 saturated heterocycles. The molecular weight excluding hydrogens is 244 g/mol. The molecule has 20 heavy (non-hydrogen) atoms. The van der Waals surface area contributed by atoms with Crippen LogP contribution in [0, 0.1) is 0 Å². The van der Waals surface area contributed by atoms with Crippen molar-refractivity contribution in [1.29, 1.82) is 0 Å². The summed E-state index contributed by atoms with van der Waals surface area (Å²) in [4.78, 5) is 2.44.